The third kappa shape index (κ3) is 3.19. The van der Waals surface area contributed by atoms with E-state index < -0.39 is 0 Å². The molecule has 0 aliphatic rings. The lowest BCUT2D eigenvalue weighted by atomic mass is 10.0. The Morgan fingerprint density at radius 1 is 1.30 bits per heavy atom. The van der Waals surface area contributed by atoms with Gasteiger partial charge >= 0.3 is 0 Å². The topological polar surface area (TPSA) is 53.1 Å². The molecule has 0 aliphatic heterocycles. The zero-order valence-electron chi connectivity index (χ0n) is 12.7. The molecule has 0 bridgehead atoms. The van der Waals surface area contributed by atoms with Gasteiger partial charge in [0, 0.05) is 31.5 Å². The fourth-order valence-corrected chi connectivity index (χ4v) is 2.71. The number of rotatable bonds is 7. The summed E-state index contributed by atoms with van der Waals surface area (Å²) in [5, 5.41) is 5.81. The second-order valence-electron chi connectivity index (χ2n) is 5.24. The average Bonchev–Trinajstić information content (AvgIpc) is 2.76. The molecule has 0 spiro atoms. The minimum atomic E-state index is -0.00629. The highest BCUT2D eigenvalue weighted by atomic mass is 16.5. The van der Waals surface area contributed by atoms with Crippen molar-refractivity contribution < 1.29 is 4.74 Å². The van der Waals surface area contributed by atoms with E-state index in [1.54, 1.807) is 0 Å². The van der Waals surface area contributed by atoms with Crippen molar-refractivity contribution in [2.45, 2.75) is 45.3 Å². The van der Waals surface area contributed by atoms with Gasteiger partial charge in [0.2, 0.25) is 0 Å². The van der Waals surface area contributed by atoms with E-state index in [0.717, 1.165) is 30.5 Å². The highest BCUT2D eigenvalue weighted by Gasteiger charge is 2.20. The predicted molar refractivity (Wildman–Crippen MR) is 82.7 cm³/mol. The molecule has 0 radical (unpaired) electrons. The van der Waals surface area contributed by atoms with Gasteiger partial charge in [-0.15, -0.1) is 0 Å². The first-order chi connectivity index (χ1) is 9.67. The van der Waals surface area contributed by atoms with Gasteiger partial charge in [0.05, 0.1) is 17.3 Å². The summed E-state index contributed by atoms with van der Waals surface area (Å²) in [6.45, 7) is 4.89. The zero-order valence-corrected chi connectivity index (χ0v) is 12.7. The molecule has 2 aromatic rings. The van der Waals surface area contributed by atoms with Gasteiger partial charge in [0.25, 0.3) is 0 Å². The van der Waals surface area contributed by atoms with Crippen molar-refractivity contribution in [3.8, 4) is 0 Å². The summed E-state index contributed by atoms with van der Waals surface area (Å²) in [6.07, 6.45) is 2.96. The largest absolute Gasteiger partial charge is 0.377 e. The number of hydrogen-bond acceptors (Lipinski definition) is 3. The number of nitrogens with two attached hydrogens (primary N) is 1. The molecular weight excluding hydrogens is 250 g/mol. The first-order valence-electron chi connectivity index (χ1n) is 7.45. The van der Waals surface area contributed by atoms with E-state index in [4.69, 9.17) is 10.5 Å². The van der Waals surface area contributed by atoms with E-state index in [1.165, 1.54) is 5.39 Å². The molecule has 2 rings (SSSR count). The summed E-state index contributed by atoms with van der Waals surface area (Å²) >= 11 is 0. The Labute approximate surface area is 120 Å². The van der Waals surface area contributed by atoms with Crippen molar-refractivity contribution in [3.05, 3.63) is 30.0 Å². The van der Waals surface area contributed by atoms with Crippen molar-refractivity contribution in [1.82, 2.24) is 9.78 Å². The van der Waals surface area contributed by atoms with Gasteiger partial charge < -0.3 is 10.5 Å². The number of benzene rings is 1. The molecular formula is C16H25N3O. The molecule has 0 saturated heterocycles. The van der Waals surface area contributed by atoms with Crippen molar-refractivity contribution in [1.29, 1.82) is 0 Å². The number of fused-ring (bicyclic) bond motifs is 1. The number of aromatic nitrogens is 2. The molecule has 0 saturated carbocycles. The third-order valence-corrected chi connectivity index (χ3v) is 3.69. The van der Waals surface area contributed by atoms with Gasteiger partial charge in [-0.1, -0.05) is 31.5 Å². The second kappa shape index (κ2) is 6.86. The van der Waals surface area contributed by atoms with Gasteiger partial charge in [-0.25, -0.2) is 0 Å². The Hall–Kier alpha value is -1.39. The van der Waals surface area contributed by atoms with E-state index in [-0.39, 0.29) is 12.1 Å². The van der Waals surface area contributed by atoms with Crippen LogP contribution in [0.1, 0.15) is 32.4 Å². The number of para-hydroxylation sites is 1. The summed E-state index contributed by atoms with van der Waals surface area (Å²) in [4.78, 5) is 0. The minimum Gasteiger partial charge on any atom is -0.377 e. The minimum absolute atomic E-state index is 0.00629. The molecule has 0 amide bonds. The first kappa shape index (κ1) is 15.0. The number of hydrogen-bond donors (Lipinski definition) is 1. The molecule has 1 heterocycles. The predicted octanol–water partition coefficient (Wildman–Crippen LogP) is 2.65. The zero-order chi connectivity index (χ0) is 14.5. The van der Waals surface area contributed by atoms with Gasteiger partial charge in [-0.3, -0.25) is 4.68 Å². The highest BCUT2D eigenvalue weighted by molar-refractivity contribution is 5.81. The monoisotopic (exact) mass is 275 g/mol. The third-order valence-electron chi connectivity index (χ3n) is 3.69. The van der Waals surface area contributed by atoms with Gasteiger partial charge in [-0.05, 0) is 19.4 Å². The van der Waals surface area contributed by atoms with Crippen molar-refractivity contribution in [3.63, 3.8) is 0 Å². The van der Waals surface area contributed by atoms with Gasteiger partial charge in [0.1, 0.15) is 0 Å². The number of aryl methyl sites for hydroxylation is 1. The van der Waals surface area contributed by atoms with Gasteiger partial charge in [0.15, 0.2) is 0 Å². The molecule has 2 N–H and O–H groups in total. The van der Waals surface area contributed by atoms with Crippen LogP contribution in [-0.4, -0.2) is 28.5 Å². The van der Waals surface area contributed by atoms with Crippen LogP contribution < -0.4 is 5.73 Å². The molecule has 110 valence electrons. The second-order valence-corrected chi connectivity index (χ2v) is 5.24. The number of nitrogens with zero attached hydrogens (tertiary/aromatic N) is 2. The molecule has 0 fully saturated rings. The van der Waals surface area contributed by atoms with E-state index in [9.17, 15) is 0 Å². The van der Waals surface area contributed by atoms with Crippen LogP contribution in [0.4, 0.5) is 0 Å². The van der Waals surface area contributed by atoms with Crippen LogP contribution in [0.2, 0.25) is 0 Å². The first-order valence-corrected chi connectivity index (χ1v) is 7.45. The van der Waals surface area contributed by atoms with Crippen LogP contribution in [0, 0.1) is 0 Å². The van der Waals surface area contributed by atoms with Crippen LogP contribution in [-0.2, 0) is 18.2 Å². The molecule has 20 heavy (non-hydrogen) atoms. The lowest BCUT2D eigenvalue weighted by Crippen LogP contribution is -2.38. The van der Waals surface area contributed by atoms with Crippen LogP contribution in [0.15, 0.2) is 24.3 Å². The smallest absolute Gasteiger partial charge is 0.0729 e. The molecule has 1 aromatic carbocycles. The molecule has 2 unspecified atom stereocenters. The maximum absolute atomic E-state index is 6.35. The van der Waals surface area contributed by atoms with Crippen molar-refractivity contribution >= 4 is 10.9 Å². The lowest BCUT2D eigenvalue weighted by Gasteiger charge is -2.22. The van der Waals surface area contributed by atoms with Crippen molar-refractivity contribution in [2.75, 3.05) is 6.61 Å². The van der Waals surface area contributed by atoms with Crippen LogP contribution in [0.25, 0.3) is 10.9 Å². The van der Waals surface area contributed by atoms with Crippen LogP contribution in [0.3, 0.4) is 0 Å². The molecule has 2 atom stereocenters. The Bertz CT molecular complexity index is 544. The summed E-state index contributed by atoms with van der Waals surface area (Å²) in [7, 11) is 1.98. The maximum atomic E-state index is 6.35. The number of ether oxygens (including phenoxy) is 1. The summed E-state index contributed by atoms with van der Waals surface area (Å²) < 4.78 is 7.70. The van der Waals surface area contributed by atoms with Crippen LogP contribution >= 0.6 is 0 Å². The molecule has 0 aliphatic carbocycles. The standard InChI is InChI=1S/C16H25N3O/c1-4-8-16(20-5-2)13(17)11-14-12-9-6-7-10-15(12)19(3)18-14/h6-7,9-10,13,16H,4-5,8,11,17H2,1-3H3. The average molecular weight is 275 g/mol. The fraction of sp³-hybridized carbons (Fsp3) is 0.562. The van der Waals surface area contributed by atoms with E-state index >= 15 is 0 Å². The van der Waals surface area contributed by atoms with E-state index in [0.29, 0.717) is 6.61 Å². The Morgan fingerprint density at radius 3 is 2.75 bits per heavy atom. The van der Waals surface area contributed by atoms with Crippen LogP contribution in [0.5, 0.6) is 0 Å². The molecule has 4 heteroatoms. The lowest BCUT2D eigenvalue weighted by molar-refractivity contribution is 0.0377. The fourth-order valence-electron chi connectivity index (χ4n) is 2.71. The Kier molecular flexibility index (Phi) is 5.15. The summed E-state index contributed by atoms with van der Waals surface area (Å²) in [5.74, 6) is 0. The van der Waals surface area contributed by atoms with E-state index in [2.05, 4.69) is 24.2 Å². The van der Waals surface area contributed by atoms with E-state index in [1.807, 2.05) is 30.8 Å². The normalized spacial score (nSPS) is 14.6. The molecule has 4 nitrogen and oxygen atoms in total. The summed E-state index contributed by atoms with van der Waals surface area (Å²) in [6, 6.07) is 8.27. The quantitative estimate of drug-likeness (QED) is 0.845. The maximum Gasteiger partial charge on any atom is 0.0729 e. The highest BCUT2D eigenvalue weighted by Crippen LogP contribution is 2.20. The SMILES string of the molecule is CCCC(OCC)C(N)Cc1nn(C)c2ccccc12. The molecule has 1 aromatic heterocycles. The Morgan fingerprint density at radius 2 is 2.05 bits per heavy atom. The Balaban J connectivity index is 2.18. The van der Waals surface area contributed by atoms with Gasteiger partial charge in [-0.2, -0.15) is 5.10 Å². The summed E-state index contributed by atoms with van der Waals surface area (Å²) in [5.41, 5.74) is 8.57. The van der Waals surface area contributed by atoms with Crippen molar-refractivity contribution in [2.24, 2.45) is 12.8 Å².